The van der Waals surface area contributed by atoms with Gasteiger partial charge in [-0.15, -0.1) is 0 Å². The van der Waals surface area contributed by atoms with E-state index in [9.17, 15) is 9.59 Å². The summed E-state index contributed by atoms with van der Waals surface area (Å²) in [6.07, 6.45) is 4.55. The van der Waals surface area contributed by atoms with Gasteiger partial charge in [0, 0.05) is 44.5 Å². The van der Waals surface area contributed by atoms with Crippen molar-refractivity contribution in [3.8, 4) is 5.75 Å². The van der Waals surface area contributed by atoms with Crippen LogP contribution in [0.5, 0.6) is 5.75 Å². The van der Waals surface area contributed by atoms with Gasteiger partial charge in [-0.05, 0) is 24.5 Å². The van der Waals surface area contributed by atoms with Crippen molar-refractivity contribution in [2.75, 3.05) is 37.7 Å². The molecule has 2 aliphatic rings. The van der Waals surface area contributed by atoms with Gasteiger partial charge in [0.2, 0.25) is 5.91 Å². The number of benzene rings is 1. The molecule has 1 amide bonds. The summed E-state index contributed by atoms with van der Waals surface area (Å²) < 4.78 is 5.78. The van der Waals surface area contributed by atoms with E-state index in [0.29, 0.717) is 38.6 Å². The predicted octanol–water partition coefficient (Wildman–Crippen LogP) is 1.06. The maximum Gasteiger partial charge on any atom is 0.290 e. The Morgan fingerprint density at radius 2 is 2.00 bits per heavy atom. The number of ether oxygens (including phenoxy) is 1. The fourth-order valence-electron chi connectivity index (χ4n) is 3.67. The van der Waals surface area contributed by atoms with Crippen molar-refractivity contribution in [2.45, 2.75) is 12.8 Å². The average molecular weight is 354 g/mol. The van der Waals surface area contributed by atoms with Gasteiger partial charge in [0.15, 0.2) is 5.82 Å². The predicted molar refractivity (Wildman–Crippen MR) is 97.4 cm³/mol. The highest BCUT2D eigenvalue weighted by Crippen LogP contribution is 2.28. The molecule has 136 valence electrons. The zero-order valence-corrected chi connectivity index (χ0v) is 14.6. The summed E-state index contributed by atoms with van der Waals surface area (Å²) in [6.45, 7) is 3.01. The number of carbonyl (C=O) groups excluding carboxylic acids is 1. The number of para-hydroxylation sites is 1. The number of nitrogens with one attached hydrogen (secondary N) is 1. The Morgan fingerprint density at radius 3 is 2.81 bits per heavy atom. The van der Waals surface area contributed by atoms with E-state index >= 15 is 0 Å². The van der Waals surface area contributed by atoms with Gasteiger partial charge in [-0.3, -0.25) is 9.59 Å². The lowest BCUT2D eigenvalue weighted by Crippen LogP contribution is -2.51. The first-order valence-corrected chi connectivity index (χ1v) is 9.00. The molecule has 2 aliphatic heterocycles. The summed E-state index contributed by atoms with van der Waals surface area (Å²) >= 11 is 0. The van der Waals surface area contributed by atoms with Crippen LogP contribution in [0.2, 0.25) is 0 Å². The number of aromatic nitrogens is 2. The first-order chi connectivity index (χ1) is 12.7. The summed E-state index contributed by atoms with van der Waals surface area (Å²) in [5, 5.41) is 0. The number of hydrogen-bond donors (Lipinski definition) is 1. The van der Waals surface area contributed by atoms with E-state index in [1.165, 1.54) is 6.20 Å². The molecule has 4 rings (SSSR count). The van der Waals surface area contributed by atoms with Gasteiger partial charge in [-0.1, -0.05) is 18.2 Å². The first-order valence-electron chi connectivity index (χ1n) is 9.00. The molecule has 1 unspecified atom stereocenters. The van der Waals surface area contributed by atoms with Crippen LogP contribution in [0.1, 0.15) is 12.0 Å². The second kappa shape index (κ2) is 7.19. The topological polar surface area (TPSA) is 78.5 Å². The van der Waals surface area contributed by atoms with Crippen LogP contribution >= 0.6 is 0 Å². The number of amides is 1. The maximum absolute atomic E-state index is 13.0. The highest BCUT2D eigenvalue weighted by atomic mass is 16.5. The zero-order chi connectivity index (χ0) is 17.9. The normalized spacial score (nSPS) is 20.1. The lowest BCUT2D eigenvalue weighted by Gasteiger charge is -2.36. The van der Waals surface area contributed by atoms with Gasteiger partial charge in [0.1, 0.15) is 5.75 Å². The van der Waals surface area contributed by atoms with E-state index in [0.717, 1.165) is 24.2 Å². The molecule has 2 aromatic rings. The number of aromatic amines is 1. The Bertz CT molecular complexity index is 842. The molecule has 1 fully saturated rings. The van der Waals surface area contributed by atoms with Crippen LogP contribution < -0.4 is 15.2 Å². The second-order valence-corrected chi connectivity index (χ2v) is 6.70. The lowest BCUT2D eigenvalue weighted by molar-refractivity contribution is -0.136. The van der Waals surface area contributed by atoms with Crippen LogP contribution in [-0.2, 0) is 11.2 Å². The lowest BCUT2D eigenvalue weighted by atomic mass is 9.95. The number of hydrogen-bond acceptors (Lipinski definition) is 5. The second-order valence-electron chi connectivity index (χ2n) is 6.70. The van der Waals surface area contributed by atoms with E-state index in [1.807, 2.05) is 34.1 Å². The summed E-state index contributed by atoms with van der Waals surface area (Å²) in [4.78, 5) is 35.5. The Morgan fingerprint density at radius 1 is 1.19 bits per heavy atom. The van der Waals surface area contributed by atoms with E-state index in [2.05, 4.69) is 9.97 Å². The number of anilines is 1. The van der Waals surface area contributed by atoms with Crippen LogP contribution in [0.3, 0.4) is 0 Å². The molecule has 7 heteroatoms. The summed E-state index contributed by atoms with van der Waals surface area (Å²) in [5.41, 5.74) is 0.909. The molecule has 0 saturated carbocycles. The number of rotatable bonds is 2. The number of H-pyrrole nitrogens is 1. The number of piperazine rings is 1. The minimum Gasteiger partial charge on any atom is -0.493 e. The molecule has 3 heterocycles. The molecular formula is C19H22N4O3. The Labute approximate surface area is 151 Å². The van der Waals surface area contributed by atoms with E-state index < -0.39 is 0 Å². The quantitative estimate of drug-likeness (QED) is 0.872. The standard InChI is InChI=1S/C19H22N4O3/c24-18-17(20-6-7-21-18)22-8-10-23(11-9-22)19(25)15-5-12-26-16-4-2-1-3-14(16)13-15/h1-4,6-7,15H,5,8-13H2,(H,21,24). The molecule has 0 radical (unpaired) electrons. The smallest absolute Gasteiger partial charge is 0.290 e. The minimum atomic E-state index is -0.190. The molecular weight excluding hydrogens is 332 g/mol. The Kier molecular flexibility index (Phi) is 4.60. The first kappa shape index (κ1) is 16.6. The summed E-state index contributed by atoms with van der Waals surface area (Å²) in [7, 11) is 0. The molecule has 1 aromatic carbocycles. The molecule has 7 nitrogen and oxygen atoms in total. The molecule has 1 saturated heterocycles. The number of carbonyl (C=O) groups is 1. The summed E-state index contributed by atoms with van der Waals surface area (Å²) in [5.74, 6) is 1.45. The van der Waals surface area contributed by atoms with Gasteiger partial charge >= 0.3 is 0 Å². The van der Waals surface area contributed by atoms with Gasteiger partial charge in [0.05, 0.1) is 6.61 Å². The van der Waals surface area contributed by atoms with Gasteiger partial charge in [-0.25, -0.2) is 4.98 Å². The third kappa shape index (κ3) is 3.29. The van der Waals surface area contributed by atoms with Gasteiger partial charge in [0.25, 0.3) is 5.56 Å². The van der Waals surface area contributed by atoms with Crippen molar-refractivity contribution in [3.63, 3.8) is 0 Å². The van der Waals surface area contributed by atoms with Crippen molar-refractivity contribution in [2.24, 2.45) is 5.92 Å². The van der Waals surface area contributed by atoms with Crippen LogP contribution in [-0.4, -0.2) is 53.6 Å². The van der Waals surface area contributed by atoms with E-state index in [4.69, 9.17) is 4.74 Å². The third-order valence-electron chi connectivity index (χ3n) is 5.09. The highest BCUT2D eigenvalue weighted by molar-refractivity contribution is 5.79. The van der Waals surface area contributed by atoms with Crippen LogP contribution in [0.25, 0.3) is 0 Å². The third-order valence-corrected chi connectivity index (χ3v) is 5.09. The fraction of sp³-hybridized carbons (Fsp3) is 0.421. The van der Waals surface area contributed by atoms with Crippen molar-refractivity contribution >= 4 is 11.7 Å². The molecule has 1 N–H and O–H groups in total. The largest absolute Gasteiger partial charge is 0.493 e. The molecule has 0 aliphatic carbocycles. The van der Waals surface area contributed by atoms with Crippen molar-refractivity contribution in [3.05, 3.63) is 52.6 Å². The van der Waals surface area contributed by atoms with Crippen LogP contribution in [0.4, 0.5) is 5.82 Å². The van der Waals surface area contributed by atoms with Crippen LogP contribution in [0.15, 0.2) is 41.5 Å². The Hall–Kier alpha value is -2.83. The molecule has 0 spiro atoms. The van der Waals surface area contributed by atoms with Gasteiger partial charge < -0.3 is 19.5 Å². The van der Waals surface area contributed by atoms with Crippen molar-refractivity contribution < 1.29 is 9.53 Å². The van der Waals surface area contributed by atoms with Crippen LogP contribution in [0, 0.1) is 5.92 Å². The monoisotopic (exact) mass is 354 g/mol. The Balaban J connectivity index is 1.41. The number of nitrogens with zero attached hydrogens (tertiary/aromatic N) is 3. The molecule has 0 bridgehead atoms. The SMILES string of the molecule is O=C(C1CCOc2ccccc2C1)N1CCN(c2ncc[nH]c2=O)CC1. The molecule has 1 aromatic heterocycles. The minimum absolute atomic E-state index is 0.0524. The molecule has 26 heavy (non-hydrogen) atoms. The average Bonchev–Trinajstić information content (AvgIpc) is 2.90. The van der Waals surface area contributed by atoms with Crippen molar-refractivity contribution in [1.29, 1.82) is 0 Å². The van der Waals surface area contributed by atoms with Crippen molar-refractivity contribution in [1.82, 2.24) is 14.9 Å². The molecule has 1 atom stereocenters. The number of fused-ring (bicyclic) bond motifs is 1. The van der Waals surface area contributed by atoms with Gasteiger partial charge in [-0.2, -0.15) is 0 Å². The maximum atomic E-state index is 13.0. The highest BCUT2D eigenvalue weighted by Gasteiger charge is 2.30. The zero-order valence-electron chi connectivity index (χ0n) is 14.6. The van der Waals surface area contributed by atoms with E-state index in [1.54, 1.807) is 6.20 Å². The fourth-order valence-corrected chi connectivity index (χ4v) is 3.67. The summed E-state index contributed by atoms with van der Waals surface area (Å²) in [6, 6.07) is 7.94. The van der Waals surface area contributed by atoms with E-state index in [-0.39, 0.29) is 17.4 Å².